The minimum absolute atomic E-state index is 0.0841. The normalized spacial score (nSPS) is 23.5. The van der Waals surface area contributed by atoms with E-state index in [-0.39, 0.29) is 11.7 Å². The second kappa shape index (κ2) is 9.23. The van der Waals surface area contributed by atoms with Crippen LogP contribution in [-0.2, 0) is 20.9 Å². The van der Waals surface area contributed by atoms with Gasteiger partial charge in [0.1, 0.15) is 5.01 Å². The van der Waals surface area contributed by atoms with Crippen molar-refractivity contribution < 1.29 is 32.5 Å². The number of alkyl halides is 3. The Kier molecular flexibility index (Phi) is 6.88. The van der Waals surface area contributed by atoms with Crippen LogP contribution in [0, 0.1) is 6.92 Å². The number of aromatic nitrogens is 3. The molecule has 12 heteroatoms. The molecule has 2 aliphatic heterocycles. The third kappa shape index (κ3) is 5.86. The Hall–Kier alpha value is -2.31. The van der Waals surface area contributed by atoms with Crippen molar-refractivity contribution in [3.05, 3.63) is 35.1 Å². The molecule has 30 heavy (non-hydrogen) atoms. The fraction of sp³-hybridized carbons (Fsp3) is 0.556. The molecule has 0 saturated carbocycles. The van der Waals surface area contributed by atoms with Gasteiger partial charge in [-0.2, -0.15) is 13.2 Å². The summed E-state index contributed by atoms with van der Waals surface area (Å²) in [5, 5.41) is 17.5. The molecule has 2 aromatic heterocycles. The summed E-state index contributed by atoms with van der Waals surface area (Å²) < 4.78 is 43.9. The Balaban J connectivity index is 0.000000318. The van der Waals surface area contributed by atoms with Crippen molar-refractivity contribution in [3.63, 3.8) is 0 Å². The highest BCUT2D eigenvalue weighted by Gasteiger charge is 2.46. The van der Waals surface area contributed by atoms with Crippen molar-refractivity contribution in [1.29, 1.82) is 0 Å². The van der Waals surface area contributed by atoms with E-state index in [1.54, 1.807) is 17.5 Å². The standard InChI is InChI=1S/C16H20N4O2S.C2HF3O2/c1-12-18-19-15(23-12)20-6-4-16(11-20)7-14(10-22-16)21-9-13-3-2-5-17-8-13;3-2(4,5)1(6)7/h2-3,5,8,14H,4,6-7,9-11H2,1H3;(H,6,7)/t14-,16-;/m0./s1. The molecule has 2 fully saturated rings. The number of carboxylic acids is 1. The fourth-order valence-electron chi connectivity index (χ4n) is 3.31. The molecule has 1 N–H and O–H groups in total. The quantitative estimate of drug-likeness (QED) is 0.766. The Morgan fingerprint density at radius 2 is 2.23 bits per heavy atom. The van der Waals surface area contributed by atoms with E-state index in [1.807, 2.05) is 25.3 Å². The lowest BCUT2D eigenvalue weighted by atomic mass is 9.98. The molecule has 4 rings (SSSR count). The van der Waals surface area contributed by atoms with E-state index >= 15 is 0 Å². The van der Waals surface area contributed by atoms with Crippen molar-refractivity contribution in [2.45, 2.75) is 44.3 Å². The van der Waals surface area contributed by atoms with Gasteiger partial charge in [0.15, 0.2) is 0 Å². The number of nitrogens with zero attached hydrogens (tertiary/aromatic N) is 4. The summed E-state index contributed by atoms with van der Waals surface area (Å²) in [7, 11) is 0. The lowest BCUT2D eigenvalue weighted by Gasteiger charge is -2.22. The molecule has 0 aliphatic carbocycles. The van der Waals surface area contributed by atoms with E-state index in [0.717, 1.165) is 41.6 Å². The predicted molar refractivity (Wildman–Crippen MR) is 101 cm³/mol. The summed E-state index contributed by atoms with van der Waals surface area (Å²) in [4.78, 5) is 15.3. The van der Waals surface area contributed by atoms with Crippen molar-refractivity contribution in [3.8, 4) is 0 Å². The van der Waals surface area contributed by atoms with Gasteiger partial charge in [0.25, 0.3) is 0 Å². The second-order valence-corrected chi connectivity index (χ2v) is 8.23. The molecular formula is C18H21F3N4O4S. The van der Waals surface area contributed by atoms with Crippen LogP contribution in [-0.4, -0.2) is 63.8 Å². The largest absolute Gasteiger partial charge is 0.490 e. The third-order valence-electron chi connectivity index (χ3n) is 4.73. The van der Waals surface area contributed by atoms with Gasteiger partial charge in [-0.05, 0) is 25.0 Å². The molecule has 4 heterocycles. The average Bonchev–Trinajstić information content (AvgIpc) is 3.42. The zero-order valence-electron chi connectivity index (χ0n) is 16.1. The van der Waals surface area contributed by atoms with Crippen molar-refractivity contribution in [1.82, 2.24) is 15.2 Å². The topological polar surface area (TPSA) is 97.7 Å². The summed E-state index contributed by atoms with van der Waals surface area (Å²) in [5.74, 6) is -2.76. The summed E-state index contributed by atoms with van der Waals surface area (Å²) >= 11 is 1.65. The minimum atomic E-state index is -5.08. The number of anilines is 1. The third-order valence-corrected chi connectivity index (χ3v) is 5.63. The van der Waals surface area contributed by atoms with Gasteiger partial charge in [-0.15, -0.1) is 10.2 Å². The van der Waals surface area contributed by atoms with Gasteiger partial charge in [-0.1, -0.05) is 17.4 Å². The van der Waals surface area contributed by atoms with Crippen LogP contribution in [0.25, 0.3) is 0 Å². The first-order valence-electron chi connectivity index (χ1n) is 9.16. The highest BCUT2D eigenvalue weighted by atomic mass is 32.1. The van der Waals surface area contributed by atoms with Crippen molar-refractivity contribution >= 4 is 22.4 Å². The zero-order valence-corrected chi connectivity index (χ0v) is 16.9. The number of aliphatic carboxylic acids is 1. The van der Waals surface area contributed by atoms with Gasteiger partial charge in [0.2, 0.25) is 5.13 Å². The summed E-state index contributed by atoms with van der Waals surface area (Å²) in [5.41, 5.74) is 1.02. The van der Waals surface area contributed by atoms with Crippen LogP contribution in [0.1, 0.15) is 23.4 Å². The maximum Gasteiger partial charge on any atom is 0.490 e. The molecule has 2 saturated heterocycles. The first-order valence-corrected chi connectivity index (χ1v) is 9.98. The monoisotopic (exact) mass is 446 g/mol. The molecule has 2 aromatic rings. The highest BCUT2D eigenvalue weighted by Crippen LogP contribution is 2.38. The van der Waals surface area contributed by atoms with Crippen LogP contribution in [0.5, 0.6) is 0 Å². The zero-order chi connectivity index (χ0) is 21.8. The van der Waals surface area contributed by atoms with E-state index in [1.165, 1.54) is 0 Å². The first kappa shape index (κ1) is 22.4. The number of hydrogen-bond donors (Lipinski definition) is 1. The smallest absolute Gasteiger partial charge is 0.475 e. The van der Waals surface area contributed by atoms with Gasteiger partial charge >= 0.3 is 12.1 Å². The Morgan fingerprint density at radius 3 is 2.83 bits per heavy atom. The average molecular weight is 446 g/mol. The molecule has 0 aromatic carbocycles. The maximum atomic E-state index is 10.6. The number of pyridine rings is 1. The number of ether oxygens (including phenoxy) is 2. The van der Waals surface area contributed by atoms with Gasteiger partial charge in [-0.3, -0.25) is 4.98 Å². The SMILES string of the molecule is Cc1nnc(N2CC[C@]3(C[C@H](OCc4cccnc4)CO3)C2)s1.O=C(O)C(F)(F)F. The molecule has 2 aliphatic rings. The van der Waals surface area contributed by atoms with E-state index in [9.17, 15) is 13.2 Å². The lowest BCUT2D eigenvalue weighted by molar-refractivity contribution is -0.192. The minimum Gasteiger partial charge on any atom is -0.475 e. The Morgan fingerprint density at radius 1 is 1.47 bits per heavy atom. The number of rotatable bonds is 4. The molecule has 8 nitrogen and oxygen atoms in total. The van der Waals surface area contributed by atoms with Crippen LogP contribution >= 0.6 is 11.3 Å². The van der Waals surface area contributed by atoms with Gasteiger partial charge in [-0.25, -0.2) is 4.79 Å². The molecule has 2 atom stereocenters. The number of hydrogen-bond acceptors (Lipinski definition) is 8. The number of aryl methyl sites for hydroxylation is 1. The fourth-order valence-corrected chi connectivity index (χ4v) is 4.03. The molecule has 0 amide bonds. The molecule has 0 radical (unpaired) electrons. The van der Waals surface area contributed by atoms with Crippen molar-refractivity contribution in [2.24, 2.45) is 0 Å². The Labute approximate surface area is 174 Å². The molecule has 164 valence electrons. The summed E-state index contributed by atoms with van der Waals surface area (Å²) in [6.07, 6.45) is 0.673. The number of halogens is 3. The van der Waals surface area contributed by atoms with Crippen LogP contribution in [0.4, 0.5) is 18.3 Å². The van der Waals surface area contributed by atoms with E-state index in [4.69, 9.17) is 19.4 Å². The van der Waals surface area contributed by atoms with Gasteiger partial charge < -0.3 is 19.5 Å². The Bertz CT molecular complexity index is 851. The van der Waals surface area contributed by atoms with Crippen LogP contribution in [0.3, 0.4) is 0 Å². The second-order valence-electron chi connectivity index (χ2n) is 7.07. The lowest BCUT2D eigenvalue weighted by Crippen LogP contribution is -2.33. The van der Waals surface area contributed by atoms with Crippen LogP contribution in [0.15, 0.2) is 24.5 Å². The number of carboxylic acid groups (broad SMARTS) is 1. The molecule has 0 bridgehead atoms. The van der Waals surface area contributed by atoms with E-state index in [2.05, 4.69) is 20.1 Å². The predicted octanol–water partition coefficient (Wildman–Crippen LogP) is 2.83. The molecule has 0 unspecified atom stereocenters. The van der Waals surface area contributed by atoms with Gasteiger partial charge in [0, 0.05) is 31.9 Å². The van der Waals surface area contributed by atoms with Crippen molar-refractivity contribution in [2.75, 3.05) is 24.6 Å². The maximum absolute atomic E-state index is 10.6. The van der Waals surface area contributed by atoms with Crippen LogP contribution < -0.4 is 4.90 Å². The highest BCUT2D eigenvalue weighted by molar-refractivity contribution is 7.15. The first-order chi connectivity index (χ1) is 14.2. The molecule has 1 spiro atoms. The molecular weight excluding hydrogens is 425 g/mol. The summed E-state index contributed by atoms with van der Waals surface area (Å²) in [6, 6.07) is 3.97. The summed E-state index contributed by atoms with van der Waals surface area (Å²) in [6.45, 7) is 5.11. The van der Waals surface area contributed by atoms with Crippen LogP contribution in [0.2, 0.25) is 0 Å². The van der Waals surface area contributed by atoms with Gasteiger partial charge in [0.05, 0.1) is 24.9 Å². The number of carbonyl (C=O) groups is 1. The van der Waals surface area contributed by atoms with E-state index in [0.29, 0.717) is 13.2 Å². The van der Waals surface area contributed by atoms with E-state index < -0.39 is 12.1 Å².